The molecule has 2 aromatic carbocycles. The average Bonchev–Trinajstić information content (AvgIpc) is 3.10. The number of fused-ring (bicyclic) bond motifs is 1. The van der Waals surface area contributed by atoms with E-state index < -0.39 is 6.10 Å². The fraction of sp³-hybridized carbons (Fsp3) is 0.409. The molecule has 0 aromatic heterocycles. The molecule has 6 heteroatoms. The average molecular weight is 402 g/mol. The second kappa shape index (κ2) is 8.02. The minimum absolute atomic E-state index is 0.0198. The number of aliphatic hydroxyl groups is 1. The summed E-state index contributed by atoms with van der Waals surface area (Å²) in [5, 5.41) is 11.2. The van der Waals surface area contributed by atoms with Crippen LogP contribution in [-0.2, 0) is 0 Å². The topological polar surface area (TPSA) is 59.0 Å². The van der Waals surface area contributed by atoms with Gasteiger partial charge in [-0.15, -0.1) is 0 Å². The third-order valence-electron chi connectivity index (χ3n) is 5.79. The van der Waals surface area contributed by atoms with Crippen LogP contribution < -0.4 is 9.47 Å². The van der Waals surface area contributed by atoms with Crippen molar-refractivity contribution in [3.8, 4) is 11.5 Å². The molecule has 1 aliphatic heterocycles. The van der Waals surface area contributed by atoms with Crippen LogP contribution in [0.5, 0.6) is 11.5 Å². The Morgan fingerprint density at radius 2 is 1.86 bits per heavy atom. The Balaban J connectivity index is 1.44. The van der Waals surface area contributed by atoms with Gasteiger partial charge in [-0.25, -0.2) is 0 Å². The number of para-hydroxylation sites is 1. The van der Waals surface area contributed by atoms with Gasteiger partial charge in [-0.3, -0.25) is 4.79 Å². The Morgan fingerprint density at radius 3 is 2.61 bits per heavy atom. The molecular weight excluding hydrogens is 378 g/mol. The van der Waals surface area contributed by atoms with Crippen molar-refractivity contribution < 1.29 is 19.4 Å². The van der Waals surface area contributed by atoms with Crippen LogP contribution in [0.25, 0.3) is 0 Å². The molecule has 2 aromatic rings. The van der Waals surface area contributed by atoms with Gasteiger partial charge >= 0.3 is 0 Å². The first kappa shape index (κ1) is 19.1. The van der Waals surface area contributed by atoms with Crippen LogP contribution in [0.4, 0.5) is 0 Å². The van der Waals surface area contributed by atoms with Crippen LogP contribution in [0.3, 0.4) is 0 Å². The van der Waals surface area contributed by atoms with Crippen molar-refractivity contribution in [3.05, 3.63) is 59.1 Å². The normalized spacial score (nSPS) is 26.6. The number of aliphatic hydroxyl groups excluding tert-OH is 1. The van der Waals surface area contributed by atoms with E-state index in [-0.39, 0.29) is 17.9 Å². The summed E-state index contributed by atoms with van der Waals surface area (Å²) in [4.78, 5) is 14.9. The van der Waals surface area contributed by atoms with Crippen LogP contribution in [0.1, 0.15) is 23.2 Å². The number of nitrogens with zero attached hydrogens (tertiary/aromatic N) is 1. The first-order chi connectivity index (χ1) is 13.5. The number of methoxy groups -OCH3 is 1. The molecule has 2 fully saturated rings. The maximum Gasteiger partial charge on any atom is 0.257 e. The Morgan fingerprint density at radius 1 is 1.11 bits per heavy atom. The molecule has 28 heavy (non-hydrogen) atoms. The highest BCUT2D eigenvalue weighted by Crippen LogP contribution is 2.39. The number of carbonyl (C=O) groups is 1. The van der Waals surface area contributed by atoms with Crippen molar-refractivity contribution in [1.82, 2.24) is 4.90 Å². The van der Waals surface area contributed by atoms with E-state index in [1.54, 1.807) is 31.4 Å². The van der Waals surface area contributed by atoms with Gasteiger partial charge in [0.15, 0.2) is 0 Å². The Bertz CT molecular complexity index is 858. The molecule has 4 rings (SSSR count). The van der Waals surface area contributed by atoms with Gasteiger partial charge in [0.2, 0.25) is 0 Å². The highest BCUT2D eigenvalue weighted by Gasteiger charge is 2.44. The number of rotatable bonds is 4. The molecular formula is C22H24ClNO4. The number of likely N-dealkylation sites (tertiary alicyclic amines) is 1. The summed E-state index contributed by atoms with van der Waals surface area (Å²) in [7, 11) is 1.57. The number of halogens is 1. The fourth-order valence-corrected chi connectivity index (χ4v) is 4.57. The molecule has 0 unspecified atom stereocenters. The fourth-order valence-electron chi connectivity index (χ4n) is 4.39. The van der Waals surface area contributed by atoms with Crippen molar-refractivity contribution in [1.29, 1.82) is 0 Å². The summed E-state index contributed by atoms with van der Waals surface area (Å²) < 4.78 is 11.4. The molecule has 0 bridgehead atoms. The van der Waals surface area contributed by atoms with Crippen molar-refractivity contribution in [3.63, 3.8) is 0 Å². The second-order valence-electron chi connectivity index (χ2n) is 7.58. The highest BCUT2D eigenvalue weighted by molar-refractivity contribution is 6.30. The summed E-state index contributed by atoms with van der Waals surface area (Å²) in [5.74, 6) is 1.83. The highest BCUT2D eigenvalue weighted by atomic mass is 35.5. The van der Waals surface area contributed by atoms with Gasteiger partial charge in [0.05, 0.1) is 18.8 Å². The molecule has 2 aliphatic rings. The predicted octanol–water partition coefficient (Wildman–Crippen LogP) is 3.64. The zero-order valence-electron chi connectivity index (χ0n) is 15.8. The van der Waals surface area contributed by atoms with Gasteiger partial charge in [-0.05, 0) is 55.0 Å². The predicted molar refractivity (Wildman–Crippen MR) is 107 cm³/mol. The minimum Gasteiger partial charge on any atom is -0.496 e. The van der Waals surface area contributed by atoms with Crippen molar-refractivity contribution in [2.45, 2.75) is 25.0 Å². The lowest BCUT2D eigenvalue weighted by molar-refractivity contribution is -0.0231. The van der Waals surface area contributed by atoms with E-state index in [1.807, 2.05) is 29.2 Å². The van der Waals surface area contributed by atoms with Crippen molar-refractivity contribution in [2.75, 3.05) is 20.2 Å². The lowest BCUT2D eigenvalue weighted by Crippen LogP contribution is -2.42. The summed E-state index contributed by atoms with van der Waals surface area (Å²) in [6.45, 7) is 1.33. The number of carbonyl (C=O) groups excluding carboxylic acids is 1. The van der Waals surface area contributed by atoms with Crippen LogP contribution >= 0.6 is 11.6 Å². The molecule has 1 saturated heterocycles. The zero-order chi connectivity index (χ0) is 19.7. The molecule has 0 radical (unpaired) electrons. The number of hydrogen-bond acceptors (Lipinski definition) is 4. The third kappa shape index (κ3) is 3.82. The number of hydrogen-bond donors (Lipinski definition) is 1. The standard InChI is InChI=1S/C22H24ClNO4/c1-27-20-8-3-2-7-18(20)22(26)24-12-14-9-19(25)21(10-15(14)13-24)28-17-6-4-5-16(23)11-17/h2-8,11,14-15,19,21,25H,9-10,12-13H2,1H3/t14-,15+,19+,21+/m0/s1. The van der Waals surface area contributed by atoms with E-state index in [0.29, 0.717) is 53.9 Å². The molecule has 1 N–H and O–H groups in total. The van der Waals surface area contributed by atoms with E-state index in [2.05, 4.69) is 0 Å². The van der Waals surface area contributed by atoms with E-state index in [0.717, 1.165) is 0 Å². The van der Waals surface area contributed by atoms with Crippen LogP contribution in [-0.4, -0.2) is 48.3 Å². The smallest absolute Gasteiger partial charge is 0.257 e. The van der Waals surface area contributed by atoms with E-state index >= 15 is 0 Å². The number of benzene rings is 2. The first-order valence-electron chi connectivity index (χ1n) is 9.57. The van der Waals surface area contributed by atoms with Crippen molar-refractivity contribution >= 4 is 17.5 Å². The molecule has 4 atom stereocenters. The SMILES string of the molecule is COc1ccccc1C(=O)N1C[C@H]2C[C@@H](Oc3cccc(Cl)c3)[C@H](O)C[C@H]2C1. The van der Waals surface area contributed by atoms with Crippen LogP contribution in [0.15, 0.2) is 48.5 Å². The Labute approximate surface area is 169 Å². The van der Waals surface area contributed by atoms with Gasteiger partial charge in [-0.1, -0.05) is 29.8 Å². The van der Waals surface area contributed by atoms with Crippen LogP contribution in [0, 0.1) is 11.8 Å². The molecule has 1 aliphatic carbocycles. The first-order valence-corrected chi connectivity index (χ1v) is 9.95. The Hall–Kier alpha value is -2.24. The van der Waals surface area contributed by atoms with Gasteiger partial charge in [0.1, 0.15) is 17.6 Å². The zero-order valence-corrected chi connectivity index (χ0v) is 16.5. The van der Waals surface area contributed by atoms with E-state index in [9.17, 15) is 9.90 Å². The maximum absolute atomic E-state index is 13.0. The number of ether oxygens (including phenoxy) is 2. The number of amides is 1. The summed E-state index contributed by atoms with van der Waals surface area (Å²) in [6, 6.07) is 14.5. The van der Waals surface area contributed by atoms with Crippen molar-refractivity contribution in [2.24, 2.45) is 11.8 Å². The molecule has 1 amide bonds. The van der Waals surface area contributed by atoms with Crippen LogP contribution in [0.2, 0.25) is 5.02 Å². The van der Waals surface area contributed by atoms with E-state index in [1.165, 1.54) is 0 Å². The summed E-state index contributed by atoms with van der Waals surface area (Å²) >= 11 is 6.03. The van der Waals surface area contributed by atoms with E-state index in [4.69, 9.17) is 21.1 Å². The third-order valence-corrected chi connectivity index (χ3v) is 6.03. The van der Waals surface area contributed by atoms with Gasteiger partial charge < -0.3 is 19.5 Å². The molecule has 1 saturated carbocycles. The largest absolute Gasteiger partial charge is 0.496 e. The quantitative estimate of drug-likeness (QED) is 0.849. The monoisotopic (exact) mass is 401 g/mol. The molecule has 5 nitrogen and oxygen atoms in total. The summed E-state index contributed by atoms with van der Waals surface area (Å²) in [5.41, 5.74) is 0.580. The van der Waals surface area contributed by atoms with Gasteiger partial charge in [0.25, 0.3) is 5.91 Å². The minimum atomic E-state index is -0.554. The molecule has 0 spiro atoms. The van der Waals surface area contributed by atoms with Gasteiger partial charge in [-0.2, -0.15) is 0 Å². The molecule has 1 heterocycles. The lowest BCUT2D eigenvalue weighted by Gasteiger charge is -2.35. The summed E-state index contributed by atoms with van der Waals surface area (Å²) in [6.07, 6.45) is 0.502. The molecule has 148 valence electrons. The Kier molecular flexibility index (Phi) is 5.47. The lowest BCUT2D eigenvalue weighted by atomic mass is 9.78. The maximum atomic E-state index is 13.0. The van der Waals surface area contributed by atoms with Gasteiger partial charge in [0, 0.05) is 18.1 Å². The second-order valence-corrected chi connectivity index (χ2v) is 8.02.